The number of carboxylic acids is 1. The lowest BCUT2D eigenvalue weighted by Crippen LogP contribution is -2.26. The maximum absolute atomic E-state index is 11.1. The fraction of sp³-hybridized carbons (Fsp3) is 0.444. The van der Waals surface area contributed by atoms with Gasteiger partial charge in [0.1, 0.15) is 0 Å². The zero-order valence-corrected chi connectivity index (χ0v) is 9.23. The van der Waals surface area contributed by atoms with Crippen molar-refractivity contribution in [2.24, 2.45) is 0 Å². The first-order valence-corrected chi connectivity index (χ1v) is 5.23. The van der Waals surface area contributed by atoms with E-state index < -0.39 is 11.9 Å². The molecule has 6 heteroatoms. The Morgan fingerprint density at radius 2 is 2.00 bits per heavy atom. The van der Waals surface area contributed by atoms with Gasteiger partial charge in [0.05, 0.1) is 6.42 Å². The zero-order chi connectivity index (χ0) is 11.8. The monoisotopic (exact) mass is 231 g/mol. The van der Waals surface area contributed by atoms with E-state index in [1.165, 1.54) is 6.92 Å². The normalized spacial score (nSPS) is 9.40. The molecule has 0 aromatic carbocycles. The molecule has 0 radical (unpaired) electrons. The number of amides is 1. The third kappa shape index (κ3) is 7.75. The van der Waals surface area contributed by atoms with E-state index in [1.54, 1.807) is 0 Å². The SMILES string of the molecule is C=C(CC(=O)NCCSC(C)=O)C(=O)O. The van der Waals surface area contributed by atoms with Gasteiger partial charge in [0, 0.05) is 24.8 Å². The molecule has 0 spiro atoms. The van der Waals surface area contributed by atoms with E-state index in [0.717, 1.165) is 11.8 Å². The average molecular weight is 231 g/mol. The van der Waals surface area contributed by atoms with Crippen molar-refractivity contribution in [1.29, 1.82) is 0 Å². The molecule has 0 aliphatic carbocycles. The number of hydrogen-bond donors (Lipinski definition) is 2. The molecule has 0 fully saturated rings. The summed E-state index contributed by atoms with van der Waals surface area (Å²) in [7, 11) is 0. The molecule has 0 bridgehead atoms. The van der Waals surface area contributed by atoms with Gasteiger partial charge in [0.25, 0.3) is 0 Å². The lowest BCUT2D eigenvalue weighted by molar-refractivity contribution is -0.134. The van der Waals surface area contributed by atoms with Crippen LogP contribution in [0.5, 0.6) is 0 Å². The van der Waals surface area contributed by atoms with Gasteiger partial charge >= 0.3 is 5.97 Å². The first-order valence-electron chi connectivity index (χ1n) is 4.24. The second-order valence-electron chi connectivity index (χ2n) is 2.78. The Kier molecular flexibility index (Phi) is 6.44. The number of rotatable bonds is 6. The van der Waals surface area contributed by atoms with Crippen LogP contribution >= 0.6 is 11.8 Å². The molecule has 0 aromatic rings. The predicted octanol–water partition coefficient (Wildman–Crippen LogP) is 0.413. The van der Waals surface area contributed by atoms with E-state index in [1.807, 2.05) is 0 Å². The summed E-state index contributed by atoms with van der Waals surface area (Å²) in [6.07, 6.45) is -0.222. The van der Waals surface area contributed by atoms with Crippen molar-refractivity contribution in [3.63, 3.8) is 0 Å². The summed E-state index contributed by atoms with van der Waals surface area (Å²) in [4.78, 5) is 31.9. The molecule has 1 amide bonds. The van der Waals surface area contributed by atoms with Crippen LogP contribution in [-0.4, -0.2) is 34.4 Å². The molecule has 0 atom stereocenters. The van der Waals surface area contributed by atoms with Crippen molar-refractivity contribution >= 4 is 28.8 Å². The van der Waals surface area contributed by atoms with E-state index >= 15 is 0 Å². The Labute approximate surface area is 91.9 Å². The third-order valence-corrected chi connectivity index (χ3v) is 2.22. The summed E-state index contributed by atoms with van der Waals surface area (Å²) < 4.78 is 0. The van der Waals surface area contributed by atoms with Gasteiger partial charge in [-0.25, -0.2) is 4.79 Å². The molecule has 0 aromatic heterocycles. The summed E-state index contributed by atoms with van der Waals surface area (Å²) in [6.45, 7) is 5.02. The highest BCUT2D eigenvalue weighted by molar-refractivity contribution is 8.13. The standard InChI is InChI=1S/C9H13NO4S/c1-6(9(13)14)5-8(12)10-3-4-15-7(2)11/h1,3-5H2,2H3,(H,10,12)(H,13,14). The highest BCUT2D eigenvalue weighted by atomic mass is 32.2. The minimum Gasteiger partial charge on any atom is -0.478 e. The molecule has 0 saturated carbocycles. The molecule has 84 valence electrons. The zero-order valence-electron chi connectivity index (χ0n) is 8.41. The molecule has 0 aliphatic heterocycles. The van der Waals surface area contributed by atoms with E-state index in [9.17, 15) is 14.4 Å². The van der Waals surface area contributed by atoms with Crippen molar-refractivity contribution in [2.75, 3.05) is 12.3 Å². The molecular weight excluding hydrogens is 218 g/mol. The van der Waals surface area contributed by atoms with Crippen LogP contribution in [0.4, 0.5) is 0 Å². The third-order valence-electron chi connectivity index (χ3n) is 1.41. The van der Waals surface area contributed by atoms with E-state index in [2.05, 4.69) is 11.9 Å². The number of carbonyl (C=O) groups excluding carboxylic acids is 2. The highest BCUT2D eigenvalue weighted by Gasteiger charge is 2.09. The average Bonchev–Trinajstić information content (AvgIpc) is 2.12. The first kappa shape index (κ1) is 13.7. The van der Waals surface area contributed by atoms with Gasteiger partial charge in [-0.1, -0.05) is 18.3 Å². The number of carbonyl (C=O) groups is 3. The lowest BCUT2D eigenvalue weighted by Gasteiger charge is -2.03. The second kappa shape index (κ2) is 7.05. The maximum Gasteiger partial charge on any atom is 0.331 e. The summed E-state index contributed by atoms with van der Waals surface area (Å²) in [5.41, 5.74) is -0.147. The van der Waals surface area contributed by atoms with Gasteiger partial charge in [0.15, 0.2) is 5.12 Å². The minimum absolute atomic E-state index is 0.0146. The van der Waals surface area contributed by atoms with Crippen LogP contribution in [0.1, 0.15) is 13.3 Å². The van der Waals surface area contributed by atoms with E-state index in [-0.39, 0.29) is 17.1 Å². The second-order valence-corrected chi connectivity index (χ2v) is 4.05. The van der Waals surface area contributed by atoms with Crippen molar-refractivity contribution in [2.45, 2.75) is 13.3 Å². The van der Waals surface area contributed by atoms with Gasteiger partial charge in [-0.3, -0.25) is 9.59 Å². The van der Waals surface area contributed by atoms with Crippen LogP contribution in [0.15, 0.2) is 12.2 Å². The first-order chi connectivity index (χ1) is 6.93. The van der Waals surface area contributed by atoms with Crippen LogP contribution in [0.25, 0.3) is 0 Å². The molecule has 0 saturated heterocycles. The summed E-state index contributed by atoms with van der Waals surface area (Å²) in [6, 6.07) is 0. The van der Waals surface area contributed by atoms with Crippen molar-refractivity contribution in [1.82, 2.24) is 5.32 Å². The highest BCUT2D eigenvalue weighted by Crippen LogP contribution is 2.00. The number of aliphatic carboxylic acids is 1. The molecular formula is C9H13NO4S. The summed E-state index contributed by atoms with van der Waals surface area (Å²) >= 11 is 1.11. The largest absolute Gasteiger partial charge is 0.478 e. The quantitative estimate of drug-likeness (QED) is 0.511. The van der Waals surface area contributed by atoms with Crippen LogP contribution in [0.3, 0.4) is 0 Å². The van der Waals surface area contributed by atoms with E-state index in [0.29, 0.717) is 12.3 Å². The molecule has 5 nitrogen and oxygen atoms in total. The summed E-state index contributed by atoms with van der Waals surface area (Å²) in [5.74, 6) is -1.09. The van der Waals surface area contributed by atoms with Crippen molar-refractivity contribution < 1.29 is 19.5 Å². The summed E-state index contributed by atoms with van der Waals surface area (Å²) in [5, 5.41) is 10.9. The molecule has 0 heterocycles. The van der Waals surface area contributed by atoms with Gasteiger partial charge in [0.2, 0.25) is 5.91 Å². The number of thioether (sulfide) groups is 1. The molecule has 2 N–H and O–H groups in total. The van der Waals surface area contributed by atoms with E-state index in [4.69, 9.17) is 5.11 Å². The molecule has 0 aliphatic rings. The maximum atomic E-state index is 11.1. The number of hydrogen-bond acceptors (Lipinski definition) is 4. The smallest absolute Gasteiger partial charge is 0.331 e. The Balaban J connectivity index is 3.62. The topological polar surface area (TPSA) is 83.5 Å². The van der Waals surface area contributed by atoms with Crippen LogP contribution < -0.4 is 5.32 Å². The fourth-order valence-electron chi connectivity index (χ4n) is 0.717. The Morgan fingerprint density at radius 1 is 1.40 bits per heavy atom. The number of nitrogens with one attached hydrogen (secondary N) is 1. The van der Waals surface area contributed by atoms with Crippen LogP contribution in [0.2, 0.25) is 0 Å². The number of carboxylic acid groups (broad SMARTS) is 1. The van der Waals surface area contributed by atoms with Gasteiger partial charge in [-0.15, -0.1) is 0 Å². The predicted molar refractivity (Wildman–Crippen MR) is 57.5 cm³/mol. The fourth-order valence-corrected chi connectivity index (χ4v) is 1.21. The molecule has 0 unspecified atom stereocenters. The van der Waals surface area contributed by atoms with Crippen LogP contribution in [-0.2, 0) is 14.4 Å². The minimum atomic E-state index is -1.18. The van der Waals surface area contributed by atoms with Gasteiger partial charge in [-0.05, 0) is 0 Å². The molecule has 15 heavy (non-hydrogen) atoms. The lowest BCUT2D eigenvalue weighted by atomic mass is 10.2. The van der Waals surface area contributed by atoms with Crippen LogP contribution in [0, 0.1) is 0 Å². The van der Waals surface area contributed by atoms with Crippen molar-refractivity contribution in [3.05, 3.63) is 12.2 Å². The Morgan fingerprint density at radius 3 is 2.47 bits per heavy atom. The Hall–Kier alpha value is -1.30. The molecule has 0 rings (SSSR count). The van der Waals surface area contributed by atoms with Gasteiger partial charge < -0.3 is 10.4 Å². The van der Waals surface area contributed by atoms with Crippen molar-refractivity contribution in [3.8, 4) is 0 Å². The Bertz CT molecular complexity index is 288. The van der Waals surface area contributed by atoms with Gasteiger partial charge in [-0.2, -0.15) is 0 Å².